The standard InChI is InChI=1S/C11H16N4O/c1-8(2)4-5-15(3)10-6-9(7-12)13-11(16)14-10/h6,8H,4-5H2,1-3H3,(H,13,14,16). The zero-order valence-corrected chi connectivity index (χ0v) is 9.82. The van der Waals surface area contributed by atoms with E-state index in [1.807, 2.05) is 18.0 Å². The molecule has 0 unspecified atom stereocenters. The smallest absolute Gasteiger partial charge is 0.347 e. The van der Waals surface area contributed by atoms with E-state index in [0.29, 0.717) is 11.7 Å². The van der Waals surface area contributed by atoms with Crippen LogP contribution in [0.3, 0.4) is 0 Å². The summed E-state index contributed by atoms with van der Waals surface area (Å²) in [7, 11) is 1.87. The van der Waals surface area contributed by atoms with Crippen molar-refractivity contribution in [2.24, 2.45) is 5.92 Å². The predicted molar refractivity (Wildman–Crippen MR) is 62.3 cm³/mol. The molecule has 86 valence electrons. The van der Waals surface area contributed by atoms with Gasteiger partial charge in [-0.3, -0.25) is 4.98 Å². The van der Waals surface area contributed by atoms with Crippen LogP contribution in [0, 0.1) is 17.2 Å². The molecule has 1 aromatic heterocycles. The van der Waals surface area contributed by atoms with Gasteiger partial charge in [0.2, 0.25) is 0 Å². The highest BCUT2D eigenvalue weighted by molar-refractivity contribution is 5.40. The average molecular weight is 220 g/mol. The molecule has 1 rings (SSSR count). The van der Waals surface area contributed by atoms with Gasteiger partial charge in [-0.1, -0.05) is 13.8 Å². The quantitative estimate of drug-likeness (QED) is 0.825. The molecular formula is C11H16N4O. The lowest BCUT2D eigenvalue weighted by Crippen LogP contribution is -2.24. The van der Waals surface area contributed by atoms with E-state index >= 15 is 0 Å². The van der Waals surface area contributed by atoms with Crippen LogP contribution >= 0.6 is 0 Å². The number of anilines is 1. The molecule has 0 aromatic carbocycles. The molecule has 1 heterocycles. The minimum absolute atomic E-state index is 0.242. The molecule has 0 spiro atoms. The number of H-pyrrole nitrogens is 1. The van der Waals surface area contributed by atoms with Crippen molar-refractivity contribution in [1.82, 2.24) is 9.97 Å². The van der Waals surface area contributed by atoms with Crippen LogP contribution in [0.15, 0.2) is 10.9 Å². The summed E-state index contributed by atoms with van der Waals surface area (Å²) in [5, 5.41) is 8.72. The summed E-state index contributed by atoms with van der Waals surface area (Å²) in [6.07, 6.45) is 1.02. The van der Waals surface area contributed by atoms with Crippen LogP contribution in [0.1, 0.15) is 26.0 Å². The number of aromatic nitrogens is 2. The maximum absolute atomic E-state index is 11.2. The molecule has 0 radical (unpaired) electrons. The third-order valence-corrected chi connectivity index (χ3v) is 2.28. The zero-order chi connectivity index (χ0) is 12.1. The van der Waals surface area contributed by atoms with Gasteiger partial charge in [-0.2, -0.15) is 10.2 Å². The van der Waals surface area contributed by atoms with Crippen molar-refractivity contribution in [2.75, 3.05) is 18.5 Å². The molecule has 0 bridgehead atoms. The Hall–Kier alpha value is -1.83. The minimum atomic E-state index is -0.481. The number of nitrogens with one attached hydrogen (secondary N) is 1. The van der Waals surface area contributed by atoms with Crippen LogP contribution in [0.5, 0.6) is 0 Å². The van der Waals surface area contributed by atoms with Gasteiger partial charge in [0.1, 0.15) is 17.6 Å². The van der Waals surface area contributed by atoms with Crippen LogP contribution < -0.4 is 10.6 Å². The highest BCUT2D eigenvalue weighted by Crippen LogP contribution is 2.09. The highest BCUT2D eigenvalue weighted by Gasteiger charge is 2.06. The lowest BCUT2D eigenvalue weighted by Gasteiger charge is -2.18. The Labute approximate surface area is 94.7 Å². The van der Waals surface area contributed by atoms with E-state index in [2.05, 4.69) is 23.8 Å². The predicted octanol–water partition coefficient (Wildman–Crippen LogP) is 1.12. The van der Waals surface area contributed by atoms with Crippen LogP contribution in [-0.4, -0.2) is 23.6 Å². The molecule has 5 nitrogen and oxygen atoms in total. The largest absolute Gasteiger partial charge is 0.359 e. The number of nitriles is 1. The van der Waals surface area contributed by atoms with Crippen LogP contribution in [-0.2, 0) is 0 Å². The Kier molecular flexibility index (Phi) is 4.06. The monoisotopic (exact) mass is 220 g/mol. The first-order valence-electron chi connectivity index (χ1n) is 5.25. The molecular weight excluding hydrogens is 204 g/mol. The SMILES string of the molecule is CC(C)CCN(C)c1cc(C#N)[nH]c(=O)n1. The lowest BCUT2D eigenvalue weighted by atomic mass is 10.1. The maximum Gasteiger partial charge on any atom is 0.347 e. The van der Waals surface area contributed by atoms with E-state index in [1.54, 1.807) is 6.07 Å². The van der Waals surface area contributed by atoms with Crippen molar-refractivity contribution in [3.05, 3.63) is 22.2 Å². The molecule has 1 aromatic rings. The molecule has 1 N–H and O–H groups in total. The van der Waals surface area contributed by atoms with Gasteiger partial charge in [-0.25, -0.2) is 4.79 Å². The van der Waals surface area contributed by atoms with Crippen LogP contribution in [0.2, 0.25) is 0 Å². The summed E-state index contributed by atoms with van der Waals surface area (Å²) in [4.78, 5) is 19.2. The molecule has 5 heteroatoms. The number of nitrogens with zero attached hydrogens (tertiary/aromatic N) is 3. The van der Waals surface area contributed by atoms with Crippen molar-refractivity contribution >= 4 is 5.82 Å². The molecule has 0 atom stereocenters. The second kappa shape index (κ2) is 5.31. The summed E-state index contributed by atoms with van der Waals surface area (Å²) >= 11 is 0. The molecule has 0 aliphatic rings. The Morgan fingerprint density at radius 3 is 2.88 bits per heavy atom. The topological polar surface area (TPSA) is 72.8 Å². The Balaban J connectivity index is 2.83. The fourth-order valence-electron chi connectivity index (χ4n) is 1.27. The third kappa shape index (κ3) is 3.39. The van der Waals surface area contributed by atoms with E-state index in [-0.39, 0.29) is 5.69 Å². The normalized spacial score (nSPS) is 10.2. The molecule has 0 aliphatic carbocycles. The molecule has 0 amide bonds. The Morgan fingerprint density at radius 1 is 1.62 bits per heavy atom. The third-order valence-electron chi connectivity index (χ3n) is 2.28. The second-order valence-corrected chi connectivity index (χ2v) is 4.17. The number of aromatic amines is 1. The van der Waals surface area contributed by atoms with Gasteiger partial charge in [0.15, 0.2) is 0 Å². The van der Waals surface area contributed by atoms with Crippen molar-refractivity contribution < 1.29 is 0 Å². The van der Waals surface area contributed by atoms with E-state index < -0.39 is 5.69 Å². The molecule has 0 saturated heterocycles. The van der Waals surface area contributed by atoms with E-state index in [0.717, 1.165) is 13.0 Å². The lowest BCUT2D eigenvalue weighted by molar-refractivity contribution is 0.583. The fraction of sp³-hybridized carbons (Fsp3) is 0.545. The maximum atomic E-state index is 11.2. The highest BCUT2D eigenvalue weighted by atomic mass is 16.1. The van der Waals surface area contributed by atoms with Crippen molar-refractivity contribution in [3.63, 3.8) is 0 Å². The minimum Gasteiger partial charge on any atom is -0.359 e. The first-order valence-corrected chi connectivity index (χ1v) is 5.25. The first kappa shape index (κ1) is 12.2. The molecule has 0 aliphatic heterocycles. The Bertz CT molecular complexity index is 444. The summed E-state index contributed by atoms with van der Waals surface area (Å²) in [6.45, 7) is 5.10. The zero-order valence-electron chi connectivity index (χ0n) is 9.82. The average Bonchev–Trinajstić information content (AvgIpc) is 2.24. The summed E-state index contributed by atoms with van der Waals surface area (Å²) < 4.78 is 0. The van der Waals surface area contributed by atoms with Gasteiger partial charge >= 0.3 is 5.69 Å². The molecule has 16 heavy (non-hydrogen) atoms. The Morgan fingerprint density at radius 2 is 2.31 bits per heavy atom. The second-order valence-electron chi connectivity index (χ2n) is 4.17. The molecule has 0 fully saturated rings. The number of hydrogen-bond donors (Lipinski definition) is 1. The van der Waals surface area contributed by atoms with Gasteiger partial charge < -0.3 is 4.90 Å². The van der Waals surface area contributed by atoms with Gasteiger partial charge in [-0.05, 0) is 12.3 Å². The van der Waals surface area contributed by atoms with Crippen LogP contribution in [0.4, 0.5) is 5.82 Å². The van der Waals surface area contributed by atoms with E-state index in [4.69, 9.17) is 5.26 Å². The summed E-state index contributed by atoms with van der Waals surface area (Å²) in [6, 6.07) is 3.49. The van der Waals surface area contributed by atoms with Crippen molar-refractivity contribution in [1.29, 1.82) is 5.26 Å². The van der Waals surface area contributed by atoms with Crippen molar-refractivity contribution in [2.45, 2.75) is 20.3 Å². The van der Waals surface area contributed by atoms with E-state index in [9.17, 15) is 4.79 Å². The van der Waals surface area contributed by atoms with Crippen molar-refractivity contribution in [3.8, 4) is 6.07 Å². The molecule has 0 saturated carbocycles. The van der Waals surface area contributed by atoms with Gasteiger partial charge in [0.05, 0.1) is 0 Å². The summed E-state index contributed by atoms with van der Waals surface area (Å²) in [5.74, 6) is 1.14. The summed E-state index contributed by atoms with van der Waals surface area (Å²) in [5.41, 5.74) is -0.239. The van der Waals surface area contributed by atoms with Crippen LogP contribution in [0.25, 0.3) is 0 Å². The van der Waals surface area contributed by atoms with E-state index in [1.165, 1.54) is 0 Å². The van der Waals surface area contributed by atoms with Gasteiger partial charge in [0.25, 0.3) is 0 Å². The number of rotatable bonds is 4. The number of hydrogen-bond acceptors (Lipinski definition) is 4. The van der Waals surface area contributed by atoms with Gasteiger partial charge in [0, 0.05) is 19.7 Å². The first-order chi connectivity index (χ1) is 7.52. The van der Waals surface area contributed by atoms with Gasteiger partial charge in [-0.15, -0.1) is 0 Å². The fourth-order valence-corrected chi connectivity index (χ4v) is 1.27.